The van der Waals surface area contributed by atoms with E-state index in [-0.39, 0.29) is 11.8 Å². The number of carbonyl (C=O) groups is 2. The average Bonchev–Trinajstić information content (AvgIpc) is 2.82. The second-order valence-corrected chi connectivity index (χ2v) is 7.25. The minimum atomic E-state index is -0.180. The molecule has 152 valence electrons. The summed E-state index contributed by atoms with van der Waals surface area (Å²) < 4.78 is 0. The largest absolute Gasteiger partial charge is 0.322 e. The highest BCUT2D eigenvalue weighted by atomic mass is 16.2. The molecular weight excluding hydrogens is 384 g/mol. The van der Waals surface area contributed by atoms with Crippen molar-refractivity contribution in [3.05, 3.63) is 120 Å². The molecule has 4 aromatic rings. The minimum absolute atomic E-state index is 0.168. The van der Waals surface area contributed by atoms with Crippen LogP contribution in [-0.2, 0) is 0 Å². The summed E-state index contributed by atoms with van der Waals surface area (Å²) in [6, 6.07) is 32.0. The van der Waals surface area contributed by atoms with E-state index in [0.29, 0.717) is 22.5 Å². The van der Waals surface area contributed by atoms with Crippen molar-refractivity contribution in [1.82, 2.24) is 0 Å². The van der Waals surface area contributed by atoms with Gasteiger partial charge in [-0.05, 0) is 66.1 Å². The van der Waals surface area contributed by atoms with Crippen molar-refractivity contribution < 1.29 is 9.59 Å². The molecular formula is C27H22N2O2. The molecule has 0 aliphatic heterocycles. The molecule has 0 saturated heterocycles. The molecule has 0 heterocycles. The van der Waals surface area contributed by atoms with E-state index < -0.39 is 0 Å². The topological polar surface area (TPSA) is 58.2 Å². The van der Waals surface area contributed by atoms with Crippen molar-refractivity contribution in [1.29, 1.82) is 0 Å². The molecule has 31 heavy (non-hydrogen) atoms. The van der Waals surface area contributed by atoms with Crippen LogP contribution in [0.2, 0.25) is 0 Å². The number of aryl methyl sites for hydroxylation is 1. The summed E-state index contributed by atoms with van der Waals surface area (Å²) in [6.07, 6.45) is 0. The maximum atomic E-state index is 12.6. The molecule has 0 atom stereocenters. The predicted octanol–water partition coefficient (Wildman–Crippen LogP) is 6.17. The Balaban J connectivity index is 1.43. The lowest BCUT2D eigenvalue weighted by molar-refractivity contribution is 0.101. The third kappa shape index (κ3) is 4.87. The monoisotopic (exact) mass is 406 g/mol. The molecule has 4 rings (SSSR count). The van der Waals surface area contributed by atoms with E-state index in [1.165, 1.54) is 0 Å². The SMILES string of the molecule is Cc1cc(NC(=O)c2ccc(-c3ccccc3)cc2)ccc1NC(=O)c1ccccc1. The fourth-order valence-corrected chi connectivity index (χ4v) is 3.31. The van der Waals surface area contributed by atoms with Crippen LogP contribution in [0.3, 0.4) is 0 Å². The number of rotatable bonds is 5. The number of nitrogens with one attached hydrogen (secondary N) is 2. The summed E-state index contributed by atoms with van der Waals surface area (Å²) in [4.78, 5) is 25.0. The molecule has 4 nitrogen and oxygen atoms in total. The Morgan fingerprint density at radius 1 is 0.581 bits per heavy atom. The molecule has 0 spiro atoms. The average molecular weight is 406 g/mol. The fraction of sp³-hybridized carbons (Fsp3) is 0.0370. The molecule has 0 unspecified atom stereocenters. The third-order valence-corrected chi connectivity index (χ3v) is 5.02. The summed E-state index contributed by atoms with van der Waals surface area (Å²) in [5, 5.41) is 5.83. The maximum absolute atomic E-state index is 12.6. The molecule has 0 radical (unpaired) electrons. The van der Waals surface area contributed by atoms with Crippen LogP contribution in [0.15, 0.2) is 103 Å². The van der Waals surface area contributed by atoms with E-state index in [1.807, 2.05) is 85.8 Å². The smallest absolute Gasteiger partial charge is 0.255 e. The summed E-state index contributed by atoms with van der Waals surface area (Å²) >= 11 is 0. The summed E-state index contributed by atoms with van der Waals surface area (Å²) in [5.74, 6) is -0.348. The van der Waals surface area contributed by atoms with Gasteiger partial charge in [0.15, 0.2) is 0 Å². The lowest BCUT2D eigenvalue weighted by Crippen LogP contribution is -2.14. The Morgan fingerprint density at radius 3 is 1.77 bits per heavy atom. The van der Waals surface area contributed by atoms with Gasteiger partial charge < -0.3 is 10.6 Å². The van der Waals surface area contributed by atoms with Crippen LogP contribution in [0.25, 0.3) is 11.1 Å². The number of amides is 2. The minimum Gasteiger partial charge on any atom is -0.322 e. The van der Waals surface area contributed by atoms with Gasteiger partial charge in [0.25, 0.3) is 11.8 Å². The first-order valence-corrected chi connectivity index (χ1v) is 10.0. The van der Waals surface area contributed by atoms with Gasteiger partial charge in [0.1, 0.15) is 0 Å². The molecule has 0 aliphatic carbocycles. The summed E-state index contributed by atoms with van der Waals surface area (Å²) in [5.41, 5.74) is 5.59. The van der Waals surface area contributed by atoms with Crippen molar-refractivity contribution in [2.75, 3.05) is 10.6 Å². The highest BCUT2D eigenvalue weighted by molar-refractivity contribution is 6.06. The zero-order valence-corrected chi connectivity index (χ0v) is 17.1. The molecule has 0 saturated carbocycles. The van der Waals surface area contributed by atoms with Crippen LogP contribution in [0.5, 0.6) is 0 Å². The lowest BCUT2D eigenvalue weighted by Gasteiger charge is -2.12. The standard InChI is InChI=1S/C27H22N2O2/c1-19-18-24(16-17-25(19)29-27(31)22-10-6-3-7-11-22)28-26(30)23-14-12-21(13-15-23)20-8-4-2-5-9-20/h2-18H,1H3,(H,28,30)(H,29,31). The Morgan fingerprint density at radius 2 is 1.13 bits per heavy atom. The van der Waals surface area contributed by atoms with Crippen LogP contribution >= 0.6 is 0 Å². The Hall–Kier alpha value is -4.18. The van der Waals surface area contributed by atoms with Crippen LogP contribution in [0.1, 0.15) is 26.3 Å². The second kappa shape index (κ2) is 9.09. The number of hydrogen-bond acceptors (Lipinski definition) is 2. The first-order valence-electron chi connectivity index (χ1n) is 10.0. The maximum Gasteiger partial charge on any atom is 0.255 e. The van der Waals surface area contributed by atoms with E-state index in [0.717, 1.165) is 16.7 Å². The second-order valence-electron chi connectivity index (χ2n) is 7.25. The molecule has 4 heteroatoms. The quantitative estimate of drug-likeness (QED) is 0.417. The molecule has 4 aromatic carbocycles. The van der Waals surface area contributed by atoms with Crippen LogP contribution in [0.4, 0.5) is 11.4 Å². The summed E-state index contributed by atoms with van der Waals surface area (Å²) in [6.45, 7) is 1.89. The van der Waals surface area contributed by atoms with E-state index in [4.69, 9.17) is 0 Å². The van der Waals surface area contributed by atoms with Crippen molar-refractivity contribution in [3.63, 3.8) is 0 Å². The van der Waals surface area contributed by atoms with Gasteiger partial charge in [-0.1, -0.05) is 60.7 Å². The zero-order chi connectivity index (χ0) is 21.6. The number of carbonyl (C=O) groups excluding carboxylic acids is 2. The van der Waals surface area contributed by atoms with E-state index in [2.05, 4.69) is 10.6 Å². The number of anilines is 2. The highest BCUT2D eigenvalue weighted by Gasteiger charge is 2.10. The zero-order valence-electron chi connectivity index (χ0n) is 17.1. The van der Waals surface area contributed by atoms with E-state index >= 15 is 0 Å². The van der Waals surface area contributed by atoms with Crippen molar-refractivity contribution >= 4 is 23.2 Å². The Labute approximate surface area is 181 Å². The van der Waals surface area contributed by atoms with Crippen molar-refractivity contribution in [2.24, 2.45) is 0 Å². The first kappa shape index (κ1) is 20.1. The molecule has 0 aliphatic rings. The molecule has 0 bridgehead atoms. The predicted molar refractivity (Wildman–Crippen MR) is 125 cm³/mol. The Kier molecular flexibility index (Phi) is 5.90. The van der Waals surface area contributed by atoms with Crippen LogP contribution < -0.4 is 10.6 Å². The van der Waals surface area contributed by atoms with Crippen molar-refractivity contribution in [3.8, 4) is 11.1 Å². The van der Waals surface area contributed by atoms with Gasteiger partial charge in [0.2, 0.25) is 0 Å². The van der Waals surface area contributed by atoms with E-state index in [1.54, 1.807) is 24.3 Å². The van der Waals surface area contributed by atoms with Crippen LogP contribution in [-0.4, -0.2) is 11.8 Å². The normalized spacial score (nSPS) is 10.4. The third-order valence-electron chi connectivity index (χ3n) is 5.02. The van der Waals surface area contributed by atoms with Gasteiger partial charge in [-0.2, -0.15) is 0 Å². The van der Waals surface area contributed by atoms with Gasteiger partial charge in [0, 0.05) is 22.5 Å². The van der Waals surface area contributed by atoms with Crippen molar-refractivity contribution in [2.45, 2.75) is 6.92 Å². The first-order chi connectivity index (χ1) is 15.1. The van der Waals surface area contributed by atoms with Gasteiger partial charge in [0.05, 0.1) is 0 Å². The highest BCUT2D eigenvalue weighted by Crippen LogP contribution is 2.22. The van der Waals surface area contributed by atoms with Gasteiger partial charge >= 0.3 is 0 Å². The number of benzene rings is 4. The van der Waals surface area contributed by atoms with Crippen LogP contribution in [0, 0.1) is 6.92 Å². The molecule has 2 amide bonds. The van der Waals surface area contributed by atoms with Gasteiger partial charge in [-0.15, -0.1) is 0 Å². The van der Waals surface area contributed by atoms with Gasteiger partial charge in [-0.3, -0.25) is 9.59 Å². The molecule has 0 aromatic heterocycles. The summed E-state index contributed by atoms with van der Waals surface area (Å²) in [7, 11) is 0. The Bertz CT molecular complexity index is 1200. The number of hydrogen-bond donors (Lipinski definition) is 2. The molecule has 0 fully saturated rings. The molecule has 2 N–H and O–H groups in total. The fourth-order valence-electron chi connectivity index (χ4n) is 3.31. The van der Waals surface area contributed by atoms with E-state index in [9.17, 15) is 9.59 Å². The lowest BCUT2D eigenvalue weighted by atomic mass is 10.0. The van der Waals surface area contributed by atoms with Gasteiger partial charge in [-0.25, -0.2) is 0 Å².